The van der Waals surface area contributed by atoms with Crippen LogP contribution in [0.4, 0.5) is 0 Å². The van der Waals surface area contributed by atoms with Crippen molar-refractivity contribution < 1.29 is 9.21 Å². The van der Waals surface area contributed by atoms with E-state index in [4.69, 9.17) is 9.40 Å². The third kappa shape index (κ3) is 3.75. The molecule has 152 valence electrons. The fourth-order valence-electron chi connectivity index (χ4n) is 3.86. The molecule has 0 fully saturated rings. The van der Waals surface area contributed by atoms with Crippen molar-refractivity contribution in [2.45, 2.75) is 58.5 Å². The molecule has 0 amide bonds. The maximum absolute atomic E-state index is 13.1. The highest BCUT2D eigenvalue weighted by atomic mass is 32.2. The van der Waals surface area contributed by atoms with Crippen LogP contribution in [0.25, 0.3) is 22.4 Å². The molecular formula is C22H25N3O3S. The van der Waals surface area contributed by atoms with Gasteiger partial charge in [-0.3, -0.25) is 9.59 Å². The topological polar surface area (TPSA) is 88.8 Å². The van der Waals surface area contributed by atoms with Crippen LogP contribution < -0.4 is 5.56 Å². The Hall–Kier alpha value is -2.41. The molecule has 0 spiro atoms. The lowest BCUT2D eigenvalue weighted by atomic mass is 9.74. The number of furan rings is 1. The van der Waals surface area contributed by atoms with Crippen molar-refractivity contribution in [3.63, 3.8) is 0 Å². The van der Waals surface area contributed by atoms with Crippen LogP contribution in [0.3, 0.4) is 0 Å². The lowest BCUT2D eigenvalue weighted by Gasteiger charge is -2.30. The van der Waals surface area contributed by atoms with E-state index in [1.807, 2.05) is 13.0 Å². The standard InChI is InChI=1S/C22H25N3O3S/c1-5-6-9-29-21-24-19-18(20(27)25-21)17(15-8-7-12(2)28-15)16-13(23-19)10-22(3,4)11-14(16)26/h7-8H,5-6,9-11H2,1-4H3,(H,23,24,25,27). The number of aromatic nitrogens is 3. The third-order valence-corrected chi connectivity index (χ3v) is 6.15. The second-order valence-electron chi connectivity index (χ2n) is 8.43. The van der Waals surface area contributed by atoms with Gasteiger partial charge in [0.15, 0.2) is 16.6 Å². The molecule has 0 aromatic carbocycles. The molecule has 3 heterocycles. The maximum atomic E-state index is 13.1. The van der Waals surface area contributed by atoms with Gasteiger partial charge in [-0.2, -0.15) is 0 Å². The van der Waals surface area contributed by atoms with Crippen molar-refractivity contribution >= 4 is 28.6 Å². The summed E-state index contributed by atoms with van der Waals surface area (Å²) in [5.74, 6) is 2.11. The van der Waals surface area contributed by atoms with Crippen molar-refractivity contribution in [3.8, 4) is 11.3 Å². The normalized spacial score (nSPS) is 15.7. The number of hydrogen-bond donors (Lipinski definition) is 1. The van der Waals surface area contributed by atoms with Gasteiger partial charge in [-0.1, -0.05) is 39.0 Å². The van der Waals surface area contributed by atoms with Crippen LogP contribution in [-0.2, 0) is 6.42 Å². The summed E-state index contributed by atoms with van der Waals surface area (Å²) < 4.78 is 5.84. The number of thioether (sulfide) groups is 1. The smallest absolute Gasteiger partial charge is 0.261 e. The van der Waals surface area contributed by atoms with Gasteiger partial charge < -0.3 is 9.40 Å². The van der Waals surface area contributed by atoms with Crippen LogP contribution in [0.1, 0.15) is 61.8 Å². The minimum Gasteiger partial charge on any atom is -0.461 e. The molecule has 0 saturated carbocycles. The number of aromatic amines is 1. The molecule has 0 aliphatic heterocycles. The van der Waals surface area contributed by atoms with Crippen molar-refractivity contribution in [1.29, 1.82) is 0 Å². The molecule has 0 unspecified atom stereocenters. The molecule has 6 nitrogen and oxygen atoms in total. The number of nitrogens with one attached hydrogen (secondary N) is 1. The average molecular weight is 412 g/mol. The number of carbonyl (C=O) groups excluding carboxylic acids is 1. The molecular weight excluding hydrogens is 386 g/mol. The van der Waals surface area contributed by atoms with Gasteiger partial charge in [-0.15, -0.1) is 0 Å². The van der Waals surface area contributed by atoms with Gasteiger partial charge in [0.25, 0.3) is 5.56 Å². The minimum absolute atomic E-state index is 0.00417. The summed E-state index contributed by atoms with van der Waals surface area (Å²) in [5, 5.41) is 0.886. The lowest BCUT2D eigenvalue weighted by molar-refractivity contribution is 0.0911. The summed E-state index contributed by atoms with van der Waals surface area (Å²) in [6.07, 6.45) is 3.19. The number of fused-ring (bicyclic) bond motifs is 2. The lowest BCUT2D eigenvalue weighted by Crippen LogP contribution is -2.29. The quantitative estimate of drug-likeness (QED) is 0.364. The summed E-state index contributed by atoms with van der Waals surface area (Å²) >= 11 is 1.52. The molecule has 1 aliphatic rings. The Morgan fingerprint density at radius 2 is 1.97 bits per heavy atom. The van der Waals surface area contributed by atoms with Gasteiger partial charge in [0.1, 0.15) is 11.5 Å². The molecule has 0 radical (unpaired) electrons. The van der Waals surface area contributed by atoms with E-state index in [1.165, 1.54) is 11.8 Å². The highest BCUT2D eigenvalue weighted by molar-refractivity contribution is 7.99. The number of nitrogens with zero attached hydrogens (tertiary/aromatic N) is 2. The van der Waals surface area contributed by atoms with E-state index in [-0.39, 0.29) is 16.8 Å². The first-order valence-electron chi connectivity index (χ1n) is 9.99. The first kappa shape index (κ1) is 19.9. The highest BCUT2D eigenvalue weighted by Crippen LogP contribution is 2.40. The molecule has 4 rings (SSSR count). The van der Waals surface area contributed by atoms with E-state index in [9.17, 15) is 9.59 Å². The summed E-state index contributed by atoms with van der Waals surface area (Å²) in [5.41, 5.74) is 1.64. The number of Topliss-reactive ketones (excluding diaryl/α,β-unsaturated/α-hetero) is 1. The van der Waals surface area contributed by atoms with Crippen molar-refractivity contribution in [2.24, 2.45) is 5.41 Å². The maximum Gasteiger partial charge on any atom is 0.261 e. The zero-order chi connectivity index (χ0) is 20.8. The Kier molecular flexibility index (Phi) is 5.11. The Labute approximate surface area is 173 Å². The van der Waals surface area contributed by atoms with E-state index < -0.39 is 0 Å². The van der Waals surface area contributed by atoms with E-state index in [0.717, 1.165) is 24.4 Å². The van der Waals surface area contributed by atoms with Crippen LogP contribution >= 0.6 is 11.8 Å². The number of hydrogen-bond acceptors (Lipinski definition) is 6. The number of unbranched alkanes of at least 4 members (excludes halogenated alkanes) is 1. The molecule has 0 saturated heterocycles. The van der Waals surface area contributed by atoms with Gasteiger partial charge in [0.2, 0.25) is 0 Å². The molecule has 3 aromatic rings. The van der Waals surface area contributed by atoms with Crippen molar-refractivity contribution in [1.82, 2.24) is 15.0 Å². The molecule has 29 heavy (non-hydrogen) atoms. The summed E-state index contributed by atoms with van der Waals surface area (Å²) in [7, 11) is 0. The van der Waals surface area contributed by atoms with E-state index >= 15 is 0 Å². The molecule has 3 aromatic heterocycles. The van der Waals surface area contributed by atoms with Crippen molar-refractivity contribution in [2.75, 3.05) is 5.75 Å². The van der Waals surface area contributed by atoms with E-state index in [1.54, 1.807) is 6.07 Å². The fourth-order valence-corrected chi connectivity index (χ4v) is 4.81. The minimum atomic E-state index is -0.286. The largest absolute Gasteiger partial charge is 0.461 e. The second-order valence-corrected chi connectivity index (χ2v) is 9.52. The Morgan fingerprint density at radius 3 is 2.66 bits per heavy atom. The predicted molar refractivity (Wildman–Crippen MR) is 115 cm³/mol. The Morgan fingerprint density at radius 1 is 1.17 bits per heavy atom. The monoisotopic (exact) mass is 411 g/mol. The van der Waals surface area contributed by atoms with Crippen LogP contribution in [0.15, 0.2) is 26.5 Å². The average Bonchev–Trinajstić information content (AvgIpc) is 3.05. The van der Waals surface area contributed by atoms with Gasteiger partial charge >= 0.3 is 0 Å². The molecule has 0 atom stereocenters. The van der Waals surface area contributed by atoms with E-state index in [2.05, 4.69) is 30.7 Å². The first-order chi connectivity index (χ1) is 13.8. The third-order valence-electron chi connectivity index (χ3n) is 5.20. The summed E-state index contributed by atoms with van der Waals surface area (Å²) in [6.45, 7) is 8.10. The molecule has 0 bridgehead atoms. The number of rotatable bonds is 5. The number of pyridine rings is 1. The fraction of sp³-hybridized carbons (Fsp3) is 0.455. The Bertz CT molecular complexity index is 1160. The van der Waals surface area contributed by atoms with Gasteiger partial charge in [-0.05, 0) is 37.3 Å². The van der Waals surface area contributed by atoms with Gasteiger partial charge in [0, 0.05) is 17.7 Å². The van der Waals surface area contributed by atoms with Crippen LogP contribution in [0.5, 0.6) is 0 Å². The van der Waals surface area contributed by atoms with Crippen molar-refractivity contribution in [3.05, 3.63) is 39.5 Å². The SMILES string of the molecule is CCCCSc1nc2nc3c(c(-c4ccc(C)o4)c2c(=O)[nH]1)C(=O)CC(C)(C)C3. The Balaban J connectivity index is 2.00. The van der Waals surface area contributed by atoms with Gasteiger partial charge in [0.05, 0.1) is 16.6 Å². The van der Waals surface area contributed by atoms with Crippen LogP contribution in [-0.4, -0.2) is 26.5 Å². The first-order valence-corrected chi connectivity index (χ1v) is 11.0. The molecule has 1 aliphatic carbocycles. The summed E-state index contributed by atoms with van der Waals surface area (Å²) in [6, 6.07) is 3.64. The number of aryl methyl sites for hydroxylation is 1. The van der Waals surface area contributed by atoms with Gasteiger partial charge in [-0.25, -0.2) is 9.97 Å². The zero-order valence-corrected chi connectivity index (χ0v) is 18.0. The summed E-state index contributed by atoms with van der Waals surface area (Å²) in [4.78, 5) is 38.3. The van der Waals surface area contributed by atoms with E-state index in [0.29, 0.717) is 51.6 Å². The molecule has 1 N–H and O–H groups in total. The highest BCUT2D eigenvalue weighted by Gasteiger charge is 2.36. The predicted octanol–water partition coefficient (Wildman–Crippen LogP) is 4.93. The number of H-pyrrole nitrogens is 1. The van der Waals surface area contributed by atoms with Crippen LogP contribution in [0, 0.1) is 12.3 Å². The number of carbonyl (C=O) groups is 1. The molecule has 7 heteroatoms. The number of ketones is 1. The van der Waals surface area contributed by atoms with Crippen LogP contribution in [0.2, 0.25) is 0 Å². The zero-order valence-electron chi connectivity index (χ0n) is 17.2. The second kappa shape index (κ2) is 7.44.